The van der Waals surface area contributed by atoms with Crippen molar-refractivity contribution in [1.82, 2.24) is 15.0 Å². The molecule has 1 fully saturated rings. The number of aromatic nitrogens is 3. The number of benzene rings is 1. The molecule has 1 unspecified atom stereocenters. The number of ether oxygens (including phenoxy) is 2. The van der Waals surface area contributed by atoms with E-state index < -0.39 is 5.97 Å². The van der Waals surface area contributed by atoms with Gasteiger partial charge in [-0.2, -0.15) is 0 Å². The predicted octanol–water partition coefficient (Wildman–Crippen LogP) is 3.50. The highest BCUT2D eigenvalue weighted by atomic mass is 32.1. The van der Waals surface area contributed by atoms with Crippen LogP contribution in [0.1, 0.15) is 31.5 Å². The van der Waals surface area contributed by atoms with Crippen molar-refractivity contribution < 1.29 is 19.4 Å². The molecule has 0 spiro atoms. The summed E-state index contributed by atoms with van der Waals surface area (Å²) in [6.45, 7) is 0.266. The van der Waals surface area contributed by atoms with Crippen molar-refractivity contribution in [3.8, 4) is 16.9 Å². The number of carboxylic acid groups (broad SMARTS) is 1. The summed E-state index contributed by atoms with van der Waals surface area (Å²) in [5.41, 5.74) is 8.31. The zero-order valence-corrected chi connectivity index (χ0v) is 16.8. The fourth-order valence-corrected chi connectivity index (χ4v) is 4.70. The van der Waals surface area contributed by atoms with Gasteiger partial charge in [-0.3, -0.25) is 4.79 Å². The summed E-state index contributed by atoms with van der Waals surface area (Å²) >= 11 is 1.38. The quantitative estimate of drug-likeness (QED) is 0.603. The van der Waals surface area contributed by atoms with Crippen molar-refractivity contribution in [2.24, 2.45) is 5.92 Å². The molecule has 3 aromatic rings. The molecule has 1 saturated carbocycles. The molecule has 3 N–H and O–H groups in total. The van der Waals surface area contributed by atoms with E-state index in [2.05, 4.69) is 15.0 Å². The van der Waals surface area contributed by atoms with Gasteiger partial charge in [-0.05, 0) is 30.9 Å². The Balaban J connectivity index is 1.48. The molecule has 1 aromatic carbocycles. The third kappa shape index (κ3) is 4.15. The molecule has 0 radical (unpaired) electrons. The van der Waals surface area contributed by atoms with Crippen LogP contribution in [0.15, 0.2) is 24.5 Å². The maximum absolute atomic E-state index is 11.0. The number of nitrogen functional groups attached to an aromatic ring is 1. The number of fused-ring (bicyclic) bond motifs is 1. The number of carboxylic acids is 1. The molecule has 9 heteroatoms. The van der Waals surface area contributed by atoms with Crippen LogP contribution in [-0.2, 0) is 16.1 Å². The number of hydrogen-bond acceptors (Lipinski definition) is 8. The Labute approximate surface area is 171 Å². The van der Waals surface area contributed by atoms with Crippen LogP contribution in [0.4, 0.5) is 5.13 Å². The number of nitrogens with two attached hydrogens (primary N) is 1. The molecule has 2 atom stereocenters. The number of nitrogens with zero attached hydrogens (tertiary/aromatic N) is 3. The second-order valence-electron chi connectivity index (χ2n) is 7.07. The summed E-state index contributed by atoms with van der Waals surface area (Å²) in [6.07, 6.45) is 6.34. The highest BCUT2D eigenvalue weighted by Gasteiger charge is 2.30. The number of rotatable bonds is 7. The van der Waals surface area contributed by atoms with Crippen LogP contribution in [0.2, 0.25) is 0 Å². The fraction of sp³-hybridized carbons (Fsp3) is 0.400. The molecule has 8 nitrogen and oxygen atoms in total. The molecule has 0 aliphatic heterocycles. The molecule has 1 aliphatic carbocycles. The zero-order valence-electron chi connectivity index (χ0n) is 16.0. The number of carbonyl (C=O) groups is 1. The molecular formula is C20H22N4O4S. The van der Waals surface area contributed by atoms with Gasteiger partial charge in [0.25, 0.3) is 0 Å². The first kappa shape index (κ1) is 19.5. The van der Waals surface area contributed by atoms with Crippen molar-refractivity contribution in [3.05, 3.63) is 30.4 Å². The molecule has 0 amide bonds. The average molecular weight is 414 g/mol. The highest BCUT2D eigenvalue weighted by molar-refractivity contribution is 7.22. The lowest BCUT2D eigenvalue weighted by molar-refractivity contribution is -0.139. The normalized spacial score (nSPS) is 18.9. The van der Waals surface area contributed by atoms with E-state index >= 15 is 0 Å². The SMILES string of the molecule is COc1c(-c2cnc(COC3CCC[C@H]3CC(=O)O)nc2)ccc2nc(N)sc12. The van der Waals surface area contributed by atoms with Crippen molar-refractivity contribution >= 4 is 32.7 Å². The second kappa shape index (κ2) is 8.30. The van der Waals surface area contributed by atoms with Gasteiger partial charge in [0.15, 0.2) is 11.0 Å². The largest absolute Gasteiger partial charge is 0.495 e. The average Bonchev–Trinajstić information content (AvgIpc) is 3.30. The van der Waals surface area contributed by atoms with Crippen LogP contribution in [0, 0.1) is 5.92 Å². The smallest absolute Gasteiger partial charge is 0.303 e. The number of methoxy groups -OCH3 is 1. The Morgan fingerprint density at radius 3 is 2.83 bits per heavy atom. The van der Waals surface area contributed by atoms with E-state index in [1.165, 1.54) is 11.3 Å². The minimum absolute atomic E-state index is 0.0475. The van der Waals surface area contributed by atoms with E-state index in [0.717, 1.165) is 40.6 Å². The van der Waals surface area contributed by atoms with Gasteiger partial charge >= 0.3 is 5.97 Å². The number of hydrogen-bond donors (Lipinski definition) is 2. The summed E-state index contributed by atoms with van der Waals surface area (Å²) in [4.78, 5) is 24.1. The molecule has 152 valence electrons. The van der Waals surface area contributed by atoms with E-state index in [4.69, 9.17) is 20.3 Å². The van der Waals surface area contributed by atoms with Crippen LogP contribution in [0.25, 0.3) is 21.3 Å². The molecule has 29 heavy (non-hydrogen) atoms. The van der Waals surface area contributed by atoms with Gasteiger partial charge in [0, 0.05) is 23.5 Å². The summed E-state index contributed by atoms with van der Waals surface area (Å²) in [6, 6.07) is 3.82. The Hall–Kier alpha value is -2.78. The first-order chi connectivity index (χ1) is 14.0. The Morgan fingerprint density at radius 1 is 1.31 bits per heavy atom. The minimum atomic E-state index is -0.778. The first-order valence-electron chi connectivity index (χ1n) is 9.43. The third-order valence-electron chi connectivity index (χ3n) is 5.20. The molecule has 2 heterocycles. The summed E-state index contributed by atoms with van der Waals surface area (Å²) in [5, 5.41) is 9.52. The highest BCUT2D eigenvalue weighted by Crippen LogP contribution is 2.40. The maximum Gasteiger partial charge on any atom is 0.303 e. The van der Waals surface area contributed by atoms with Crippen molar-refractivity contribution in [2.45, 2.75) is 38.4 Å². The first-order valence-corrected chi connectivity index (χ1v) is 10.2. The predicted molar refractivity (Wildman–Crippen MR) is 110 cm³/mol. The van der Waals surface area contributed by atoms with Gasteiger partial charge in [-0.25, -0.2) is 15.0 Å². The third-order valence-corrected chi connectivity index (χ3v) is 6.10. The lowest BCUT2D eigenvalue weighted by Gasteiger charge is -2.18. The van der Waals surface area contributed by atoms with E-state index in [9.17, 15) is 4.79 Å². The molecule has 0 saturated heterocycles. The molecule has 4 rings (SSSR count). The number of thiazole rings is 1. The fourth-order valence-electron chi connectivity index (χ4n) is 3.85. The van der Waals surface area contributed by atoms with Crippen molar-refractivity contribution in [2.75, 3.05) is 12.8 Å². The van der Waals surface area contributed by atoms with Crippen LogP contribution < -0.4 is 10.5 Å². The van der Waals surface area contributed by atoms with E-state index in [0.29, 0.717) is 16.7 Å². The minimum Gasteiger partial charge on any atom is -0.495 e. The van der Waals surface area contributed by atoms with Gasteiger partial charge in [0.05, 0.1) is 29.9 Å². The van der Waals surface area contributed by atoms with Crippen LogP contribution in [-0.4, -0.2) is 39.2 Å². The Bertz CT molecular complexity index is 1020. The van der Waals surface area contributed by atoms with Crippen molar-refractivity contribution in [3.63, 3.8) is 0 Å². The monoisotopic (exact) mass is 414 g/mol. The Kier molecular flexibility index (Phi) is 5.59. The van der Waals surface area contributed by atoms with Crippen LogP contribution >= 0.6 is 11.3 Å². The molecule has 2 aromatic heterocycles. The maximum atomic E-state index is 11.0. The lowest BCUT2D eigenvalue weighted by Crippen LogP contribution is -2.21. The molecule has 0 bridgehead atoms. The van der Waals surface area contributed by atoms with Gasteiger partial charge < -0.3 is 20.3 Å². The summed E-state index contributed by atoms with van der Waals surface area (Å²) in [7, 11) is 1.62. The van der Waals surface area contributed by atoms with Crippen molar-refractivity contribution in [1.29, 1.82) is 0 Å². The molecular weight excluding hydrogens is 392 g/mol. The van der Waals surface area contributed by atoms with Gasteiger partial charge in [0.2, 0.25) is 0 Å². The lowest BCUT2D eigenvalue weighted by atomic mass is 10.0. The summed E-state index contributed by atoms with van der Waals surface area (Å²) in [5.74, 6) is 0.554. The van der Waals surface area contributed by atoms with Gasteiger partial charge in [-0.15, -0.1) is 0 Å². The van der Waals surface area contributed by atoms with Gasteiger partial charge in [0.1, 0.15) is 12.4 Å². The van der Waals surface area contributed by atoms with E-state index in [1.807, 2.05) is 12.1 Å². The zero-order chi connectivity index (χ0) is 20.4. The van der Waals surface area contributed by atoms with Crippen LogP contribution in [0.5, 0.6) is 5.75 Å². The Morgan fingerprint density at radius 2 is 2.10 bits per heavy atom. The van der Waals surface area contributed by atoms with E-state index in [1.54, 1.807) is 19.5 Å². The molecule has 1 aliphatic rings. The second-order valence-corrected chi connectivity index (χ2v) is 8.10. The number of aliphatic carboxylic acids is 1. The van der Waals surface area contributed by atoms with Crippen LogP contribution in [0.3, 0.4) is 0 Å². The number of anilines is 1. The standard InChI is InChI=1S/C20H22N4O4S/c1-27-18-13(5-6-14-19(18)29-20(21)24-14)12-8-22-16(23-9-12)10-28-15-4-2-3-11(15)7-17(25)26/h5-6,8-9,11,15H,2-4,7,10H2,1H3,(H2,21,24)(H,25,26)/t11-,15?/m0/s1. The van der Waals surface area contributed by atoms with Gasteiger partial charge in [-0.1, -0.05) is 17.8 Å². The topological polar surface area (TPSA) is 120 Å². The van der Waals surface area contributed by atoms with E-state index in [-0.39, 0.29) is 25.0 Å². The summed E-state index contributed by atoms with van der Waals surface area (Å²) < 4.78 is 12.4.